The van der Waals surface area contributed by atoms with Crippen molar-refractivity contribution in [2.45, 2.75) is 6.36 Å². The van der Waals surface area contributed by atoms with E-state index < -0.39 is 13.6 Å². The van der Waals surface area contributed by atoms with Crippen molar-refractivity contribution in [2.75, 3.05) is 7.11 Å². The molecule has 26 heavy (non-hydrogen) atoms. The van der Waals surface area contributed by atoms with Crippen LogP contribution in [0.1, 0.15) is 0 Å². The van der Waals surface area contributed by atoms with Crippen molar-refractivity contribution in [2.24, 2.45) is 0 Å². The lowest BCUT2D eigenvalue weighted by Gasteiger charge is -2.12. The minimum Gasteiger partial charge on any atom is -0.497 e. The molecule has 0 radical (unpaired) electrons. The van der Waals surface area contributed by atoms with Gasteiger partial charge < -0.3 is 26.7 Å². The minimum atomic E-state index is -6.00. The summed E-state index contributed by atoms with van der Waals surface area (Å²) in [6.45, 7) is 0. The second-order valence-corrected chi connectivity index (χ2v) is 4.52. The summed E-state index contributed by atoms with van der Waals surface area (Å²) < 4.78 is 85.4. The van der Waals surface area contributed by atoms with Gasteiger partial charge in [0.05, 0.1) is 12.7 Å². The minimum absolute atomic E-state index is 0.106. The topological polar surface area (TPSA) is 46.6 Å². The van der Waals surface area contributed by atoms with Gasteiger partial charge in [0.15, 0.2) is 4.98 Å². The molecular formula is C14H10BF7N2O2. The van der Waals surface area contributed by atoms with Crippen molar-refractivity contribution in [1.29, 1.82) is 5.39 Å². The molecule has 2 aromatic rings. The average Bonchev–Trinajstić information content (AvgIpc) is 2.51. The lowest BCUT2D eigenvalue weighted by molar-refractivity contribution is -0.274. The van der Waals surface area contributed by atoms with Crippen molar-refractivity contribution in [1.82, 2.24) is 0 Å². The molecule has 0 N–H and O–H groups in total. The molecule has 0 atom stereocenters. The van der Waals surface area contributed by atoms with Crippen molar-refractivity contribution in [3.63, 3.8) is 0 Å². The molecule has 0 heterocycles. The van der Waals surface area contributed by atoms with Gasteiger partial charge in [0.1, 0.15) is 11.5 Å². The molecule has 0 saturated carbocycles. The molecule has 2 rings (SSSR count). The third-order valence-corrected chi connectivity index (χ3v) is 2.71. The first-order chi connectivity index (χ1) is 11.9. The largest absolute Gasteiger partial charge is 0.673 e. The van der Waals surface area contributed by atoms with E-state index in [0.29, 0.717) is 5.75 Å². The van der Waals surface area contributed by atoms with E-state index in [1.165, 1.54) is 43.5 Å². The van der Waals surface area contributed by atoms with E-state index in [1.807, 2.05) is 0 Å². The second-order valence-electron chi connectivity index (χ2n) is 4.52. The van der Waals surface area contributed by atoms with Crippen LogP contribution in [0.25, 0.3) is 16.1 Å². The Hall–Kier alpha value is -2.97. The fourth-order valence-corrected chi connectivity index (χ4v) is 1.85. The highest BCUT2D eigenvalue weighted by Gasteiger charge is 2.33. The maximum Gasteiger partial charge on any atom is 0.673 e. The number of hydrogen-bond donors (Lipinski definition) is 0. The molecule has 0 fully saturated rings. The molecular weight excluding hydrogens is 372 g/mol. The van der Waals surface area contributed by atoms with Crippen LogP contribution < -0.4 is 9.47 Å². The van der Waals surface area contributed by atoms with Gasteiger partial charge >= 0.3 is 19.3 Å². The summed E-state index contributed by atoms with van der Waals surface area (Å²) in [5, 5.41) is 8.99. The first-order valence-electron chi connectivity index (χ1n) is 6.70. The SMILES string of the molecule is COc1ccc([N+]#N)c(-c2ccccc2OC(F)(F)F)c1.F[B-](F)(F)F. The highest BCUT2D eigenvalue weighted by Crippen LogP contribution is 2.40. The summed E-state index contributed by atoms with van der Waals surface area (Å²) in [6.07, 6.45) is -4.81. The summed E-state index contributed by atoms with van der Waals surface area (Å²) in [5.74, 6) is 0.0300. The summed E-state index contributed by atoms with van der Waals surface area (Å²) in [4.78, 5) is 3.07. The molecule has 2 aromatic carbocycles. The van der Waals surface area contributed by atoms with E-state index in [1.54, 1.807) is 6.07 Å². The quantitative estimate of drug-likeness (QED) is 0.369. The lowest BCUT2D eigenvalue weighted by atomic mass is 10.0. The van der Waals surface area contributed by atoms with Crippen molar-refractivity contribution in [3.05, 3.63) is 47.4 Å². The molecule has 0 amide bonds. The molecule has 0 aliphatic heterocycles. The smallest absolute Gasteiger partial charge is 0.497 e. The zero-order valence-electron chi connectivity index (χ0n) is 13.0. The van der Waals surface area contributed by atoms with Crippen LogP contribution >= 0.6 is 0 Å². The number of alkyl halides is 3. The van der Waals surface area contributed by atoms with E-state index in [9.17, 15) is 30.4 Å². The number of benzene rings is 2. The fraction of sp³-hybridized carbons (Fsp3) is 0.143. The van der Waals surface area contributed by atoms with Gasteiger partial charge in [0.2, 0.25) is 5.39 Å². The Bertz CT molecular complexity index is 782. The highest BCUT2D eigenvalue weighted by atomic mass is 19.5. The Kier molecular flexibility index (Phi) is 6.82. The van der Waals surface area contributed by atoms with Crippen LogP contribution in [0.5, 0.6) is 11.5 Å². The second kappa shape index (κ2) is 8.42. The first kappa shape index (κ1) is 21.1. The zero-order chi connectivity index (χ0) is 20.0. The number of methoxy groups -OCH3 is 1. The van der Waals surface area contributed by atoms with Crippen molar-refractivity contribution in [3.8, 4) is 22.6 Å². The van der Waals surface area contributed by atoms with Crippen molar-refractivity contribution < 1.29 is 39.9 Å². The summed E-state index contributed by atoms with van der Waals surface area (Å²) in [7, 11) is -4.58. The van der Waals surface area contributed by atoms with E-state index in [-0.39, 0.29) is 22.6 Å². The van der Waals surface area contributed by atoms with Gasteiger partial charge in [-0.3, -0.25) is 0 Å². The number of diazo groups is 1. The van der Waals surface area contributed by atoms with Crippen LogP contribution in [0.15, 0.2) is 42.5 Å². The number of para-hydroxylation sites is 1. The Morgan fingerprint density at radius 1 is 0.962 bits per heavy atom. The lowest BCUT2D eigenvalue weighted by Crippen LogP contribution is -2.17. The molecule has 0 unspecified atom stereocenters. The average molecular weight is 382 g/mol. The maximum absolute atomic E-state index is 12.4. The van der Waals surface area contributed by atoms with E-state index in [2.05, 4.69) is 9.71 Å². The fourth-order valence-electron chi connectivity index (χ4n) is 1.85. The Labute approximate surface area is 142 Å². The van der Waals surface area contributed by atoms with Gasteiger partial charge in [0, 0.05) is 11.6 Å². The molecule has 0 aliphatic rings. The Morgan fingerprint density at radius 2 is 1.54 bits per heavy atom. The Morgan fingerprint density at radius 3 is 2.04 bits per heavy atom. The highest BCUT2D eigenvalue weighted by molar-refractivity contribution is 6.50. The summed E-state index contributed by atoms with van der Waals surface area (Å²) >= 11 is 0. The number of rotatable bonds is 3. The molecule has 0 spiro atoms. The zero-order valence-corrected chi connectivity index (χ0v) is 13.0. The summed E-state index contributed by atoms with van der Waals surface area (Å²) in [6, 6.07) is 10.0. The predicted octanol–water partition coefficient (Wildman–Crippen LogP) is 6.05. The molecule has 0 aromatic heterocycles. The van der Waals surface area contributed by atoms with E-state index >= 15 is 0 Å². The van der Waals surface area contributed by atoms with Gasteiger partial charge in [-0.25, -0.2) is 0 Å². The normalized spacial score (nSPS) is 11.0. The predicted molar refractivity (Wildman–Crippen MR) is 80.0 cm³/mol. The number of ether oxygens (including phenoxy) is 2. The molecule has 0 bridgehead atoms. The van der Waals surface area contributed by atoms with Gasteiger partial charge in [-0.05, 0) is 18.2 Å². The number of hydrogen-bond acceptors (Lipinski definition) is 3. The third-order valence-electron chi connectivity index (χ3n) is 2.71. The number of nitrogens with zero attached hydrogens (tertiary/aromatic N) is 2. The van der Waals surface area contributed by atoms with Crippen LogP contribution in [0.3, 0.4) is 0 Å². The Balaban J connectivity index is 0.000000597. The molecule has 140 valence electrons. The van der Waals surface area contributed by atoms with Gasteiger partial charge in [-0.1, -0.05) is 18.2 Å². The van der Waals surface area contributed by atoms with Crippen LogP contribution in [0, 0.1) is 5.39 Å². The van der Waals surface area contributed by atoms with Crippen LogP contribution in [-0.2, 0) is 0 Å². The van der Waals surface area contributed by atoms with Crippen LogP contribution in [0.4, 0.5) is 36.1 Å². The van der Waals surface area contributed by atoms with Gasteiger partial charge in [-0.2, -0.15) is 0 Å². The summed E-state index contributed by atoms with van der Waals surface area (Å²) in [5.41, 5.74) is 0.507. The van der Waals surface area contributed by atoms with E-state index in [4.69, 9.17) is 10.1 Å². The van der Waals surface area contributed by atoms with Crippen molar-refractivity contribution >= 4 is 12.9 Å². The third kappa shape index (κ3) is 7.29. The molecule has 0 saturated heterocycles. The van der Waals surface area contributed by atoms with E-state index in [0.717, 1.165) is 0 Å². The number of halogens is 7. The standard InChI is InChI=1S/C14H10F3N2O2.BF4/c1-20-9-6-7-12(19-18)11(8-9)10-4-2-3-5-13(10)21-14(15,16)17;2-1(3,4)5/h2-8H,1H3;/q+1;-1. The van der Waals surface area contributed by atoms with Gasteiger partial charge in [0.25, 0.3) is 0 Å². The monoisotopic (exact) mass is 382 g/mol. The molecule has 12 heteroatoms. The van der Waals surface area contributed by atoms with Crippen LogP contribution in [0.2, 0.25) is 0 Å². The maximum atomic E-state index is 12.4. The molecule has 0 aliphatic carbocycles. The van der Waals surface area contributed by atoms with Crippen LogP contribution in [-0.4, -0.2) is 20.7 Å². The molecule has 4 nitrogen and oxygen atoms in total. The first-order valence-corrected chi connectivity index (χ1v) is 6.70. The van der Waals surface area contributed by atoms with Gasteiger partial charge in [-0.15, -0.1) is 13.2 Å².